The Hall–Kier alpha value is -1.34. The van der Waals surface area contributed by atoms with Gasteiger partial charge in [-0.15, -0.1) is 0 Å². The average Bonchev–Trinajstić information content (AvgIpc) is 2.52. The Kier molecular flexibility index (Phi) is 4.27. The van der Waals surface area contributed by atoms with Gasteiger partial charge in [0.05, 0.1) is 12.2 Å². The smallest absolute Gasteiger partial charge is 0.0863 e. The first-order valence-corrected chi connectivity index (χ1v) is 8.67. The fourth-order valence-electron chi connectivity index (χ4n) is 4.08. The van der Waals surface area contributed by atoms with Crippen LogP contribution in [0.3, 0.4) is 0 Å². The first-order chi connectivity index (χ1) is 10.5. The zero-order valence-corrected chi connectivity index (χ0v) is 14.5. The van der Waals surface area contributed by atoms with Crippen molar-refractivity contribution in [1.29, 1.82) is 0 Å². The van der Waals surface area contributed by atoms with E-state index < -0.39 is 0 Å². The molecule has 1 fully saturated rings. The van der Waals surface area contributed by atoms with Crippen LogP contribution in [-0.2, 0) is 4.74 Å². The third-order valence-corrected chi connectivity index (χ3v) is 5.79. The summed E-state index contributed by atoms with van der Waals surface area (Å²) in [4.78, 5) is 0. The minimum atomic E-state index is 0.209. The molecule has 1 saturated heterocycles. The summed E-state index contributed by atoms with van der Waals surface area (Å²) in [5.41, 5.74) is 2.70. The van der Waals surface area contributed by atoms with Gasteiger partial charge in [0.1, 0.15) is 0 Å². The van der Waals surface area contributed by atoms with Crippen LogP contribution in [-0.4, -0.2) is 6.10 Å². The zero-order valence-electron chi connectivity index (χ0n) is 14.5. The third-order valence-electron chi connectivity index (χ3n) is 5.79. The lowest BCUT2D eigenvalue weighted by atomic mass is 9.73. The van der Waals surface area contributed by atoms with Crippen molar-refractivity contribution in [2.75, 3.05) is 0 Å². The van der Waals surface area contributed by atoms with E-state index in [0.29, 0.717) is 23.9 Å². The van der Waals surface area contributed by atoms with Crippen LogP contribution < -0.4 is 0 Å². The maximum Gasteiger partial charge on any atom is 0.0863 e. The van der Waals surface area contributed by atoms with Gasteiger partial charge in [0.2, 0.25) is 0 Å². The fourth-order valence-corrected chi connectivity index (χ4v) is 4.08. The predicted octanol–water partition coefficient (Wildman–Crippen LogP) is 5.91. The molecule has 5 atom stereocenters. The lowest BCUT2D eigenvalue weighted by Gasteiger charge is -2.44. The van der Waals surface area contributed by atoms with Crippen molar-refractivity contribution in [1.82, 2.24) is 0 Å². The number of benzene rings is 2. The van der Waals surface area contributed by atoms with Gasteiger partial charge in [0, 0.05) is 0 Å². The van der Waals surface area contributed by atoms with Crippen molar-refractivity contribution < 1.29 is 4.74 Å². The molecule has 1 nitrogen and oxygen atoms in total. The van der Waals surface area contributed by atoms with Crippen molar-refractivity contribution in [3.8, 4) is 0 Å². The molecule has 0 aromatic heterocycles. The summed E-state index contributed by atoms with van der Waals surface area (Å²) in [5.74, 6) is 1.86. The maximum absolute atomic E-state index is 6.58. The van der Waals surface area contributed by atoms with Crippen LogP contribution in [0.25, 0.3) is 10.8 Å². The van der Waals surface area contributed by atoms with Crippen molar-refractivity contribution in [2.45, 2.75) is 53.2 Å². The van der Waals surface area contributed by atoms with E-state index in [9.17, 15) is 0 Å². The van der Waals surface area contributed by atoms with Gasteiger partial charge in [-0.1, -0.05) is 69.7 Å². The molecular weight excluding hydrogens is 268 g/mol. The number of ether oxygens (including phenoxy) is 1. The first-order valence-electron chi connectivity index (χ1n) is 8.67. The normalized spacial score (nSPS) is 32.3. The Morgan fingerprint density at radius 3 is 2.41 bits per heavy atom. The molecule has 3 rings (SSSR count). The summed E-state index contributed by atoms with van der Waals surface area (Å²) >= 11 is 0. The second-order valence-corrected chi connectivity index (χ2v) is 7.16. The van der Waals surface area contributed by atoms with Gasteiger partial charge in [-0.3, -0.25) is 0 Å². The largest absolute Gasteiger partial charge is 0.370 e. The molecule has 0 amide bonds. The Balaban J connectivity index is 2.10. The summed E-state index contributed by atoms with van der Waals surface area (Å²) < 4.78 is 6.58. The highest BCUT2D eigenvalue weighted by Crippen LogP contribution is 2.45. The molecule has 2 aromatic rings. The minimum absolute atomic E-state index is 0.209. The van der Waals surface area contributed by atoms with Crippen LogP contribution in [0.15, 0.2) is 36.4 Å². The molecule has 0 spiro atoms. The van der Waals surface area contributed by atoms with Gasteiger partial charge in [-0.2, -0.15) is 0 Å². The summed E-state index contributed by atoms with van der Waals surface area (Å²) in [6.45, 7) is 11.5. The average molecular weight is 296 g/mol. The van der Waals surface area contributed by atoms with Gasteiger partial charge >= 0.3 is 0 Å². The van der Waals surface area contributed by atoms with E-state index in [1.165, 1.54) is 21.9 Å². The highest BCUT2D eigenvalue weighted by molar-refractivity contribution is 5.86. The lowest BCUT2D eigenvalue weighted by molar-refractivity contribution is -0.136. The van der Waals surface area contributed by atoms with Crippen molar-refractivity contribution in [2.24, 2.45) is 17.8 Å². The van der Waals surface area contributed by atoms with E-state index >= 15 is 0 Å². The Labute approximate surface area is 134 Å². The molecule has 22 heavy (non-hydrogen) atoms. The van der Waals surface area contributed by atoms with Gasteiger partial charge in [0.25, 0.3) is 0 Å². The molecule has 0 N–H and O–H groups in total. The quantitative estimate of drug-likeness (QED) is 0.669. The fraction of sp³-hybridized carbons (Fsp3) is 0.524. The standard InChI is InChI=1S/C21H28O/c1-6-20-15(4)14(3)16(5)21(22-20)19-12-13(2)11-17-9-7-8-10-18(17)19/h7-12,14-16,20-21H,6H2,1-5H3/t14-,15-,16+,20+,21+/m0/s1. The maximum atomic E-state index is 6.58. The van der Waals surface area contributed by atoms with Crippen LogP contribution in [0.2, 0.25) is 0 Å². The van der Waals surface area contributed by atoms with Crippen LogP contribution in [0, 0.1) is 24.7 Å². The summed E-state index contributed by atoms with van der Waals surface area (Å²) in [6, 6.07) is 13.3. The number of rotatable bonds is 2. The highest BCUT2D eigenvalue weighted by Gasteiger charge is 2.39. The molecule has 1 heterocycles. The predicted molar refractivity (Wildman–Crippen MR) is 94.1 cm³/mol. The lowest BCUT2D eigenvalue weighted by Crippen LogP contribution is -2.40. The monoisotopic (exact) mass is 296 g/mol. The molecule has 2 aromatic carbocycles. The van der Waals surface area contributed by atoms with Gasteiger partial charge in [-0.25, -0.2) is 0 Å². The van der Waals surface area contributed by atoms with Crippen molar-refractivity contribution in [3.05, 3.63) is 47.5 Å². The molecular formula is C21H28O. The molecule has 0 saturated carbocycles. The summed E-state index contributed by atoms with van der Waals surface area (Å²) in [7, 11) is 0. The second kappa shape index (κ2) is 6.04. The third kappa shape index (κ3) is 2.56. The van der Waals surface area contributed by atoms with Gasteiger partial charge in [-0.05, 0) is 47.4 Å². The Morgan fingerprint density at radius 1 is 0.955 bits per heavy atom. The van der Waals surface area contributed by atoms with Crippen molar-refractivity contribution in [3.63, 3.8) is 0 Å². The molecule has 118 valence electrons. The topological polar surface area (TPSA) is 9.23 Å². The summed E-state index contributed by atoms with van der Waals surface area (Å²) in [5, 5.41) is 2.68. The van der Waals surface area contributed by atoms with Gasteiger partial charge < -0.3 is 4.74 Å². The molecule has 0 unspecified atom stereocenters. The van der Waals surface area contributed by atoms with Crippen LogP contribution in [0.1, 0.15) is 51.3 Å². The Morgan fingerprint density at radius 2 is 1.68 bits per heavy atom. The minimum Gasteiger partial charge on any atom is -0.370 e. The number of fused-ring (bicyclic) bond motifs is 1. The Bertz CT molecular complexity index is 658. The summed E-state index contributed by atoms with van der Waals surface area (Å²) in [6.07, 6.45) is 1.68. The van der Waals surface area contributed by atoms with E-state index in [-0.39, 0.29) is 6.10 Å². The second-order valence-electron chi connectivity index (χ2n) is 7.16. The van der Waals surface area contributed by atoms with E-state index in [4.69, 9.17) is 4.74 Å². The van der Waals surface area contributed by atoms with E-state index in [2.05, 4.69) is 71.0 Å². The number of hydrogen-bond donors (Lipinski definition) is 0. The van der Waals surface area contributed by atoms with Crippen LogP contribution >= 0.6 is 0 Å². The van der Waals surface area contributed by atoms with Crippen molar-refractivity contribution >= 4 is 10.8 Å². The molecule has 1 aliphatic heterocycles. The highest BCUT2D eigenvalue weighted by atomic mass is 16.5. The molecule has 0 radical (unpaired) electrons. The van der Waals surface area contributed by atoms with E-state index in [1.807, 2.05) is 0 Å². The van der Waals surface area contributed by atoms with Crippen LogP contribution in [0.5, 0.6) is 0 Å². The zero-order chi connectivity index (χ0) is 15.9. The molecule has 0 aliphatic carbocycles. The molecule has 0 bridgehead atoms. The SMILES string of the molecule is CC[C@H]1O[C@@H](c2cc(C)cc3ccccc23)[C@H](C)[C@@H](C)[C@@H]1C. The van der Waals surface area contributed by atoms with Gasteiger partial charge in [0.15, 0.2) is 0 Å². The van der Waals surface area contributed by atoms with Crippen LogP contribution in [0.4, 0.5) is 0 Å². The molecule has 1 heteroatoms. The van der Waals surface area contributed by atoms with E-state index in [0.717, 1.165) is 6.42 Å². The first kappa shape index (κ1) is 15.6. The molecule has 1 aliphatic rings. The number of aryl methyl sites for hydroxylation is 1. The number of hydrogen-bond acceptors (Lipinski definition) is 1. The van der Waals surface area contributed by atoms with E-state index in [1.54, 1.807) is 0 Å².